The molecule has 2 heterocycles. The molecule has 1 aliphatic rings. The van der Waals surface area contributed by atoms with Crippen molar-refractivity contribution in [1.82, 2.24) is 20.4 Å². The summed E-state index contributed by atoms with van der Waals surface area (Å²) in [6.45, 7) is 5.17. The maximum absolute atomic E-state index is 12.4. The van der Waals surface area contributed by atoms with Crippen molar-refractivity contribution < 1.29 is 9.32 Å². The fraction of sp³-hybridized carbons (Fsp3) is 0.550. The van der Waals surface area contributed by atoms with Gasteiger partial charge in [-0.2, -0.15) is 4.98 Å². The lowest BCUT2D eigenvalue weighted by atomic mass is 9.97. The highest BCUT2D eigenvalue weighted by Gasteiger charge is 2.26. The Labute approximate surface area is 165 Å². The summed E-state index contributed by atoms with van der Waals surface area (Å²) >= 11 is 6.02. The van der Waals surface area contributed by atoms with Gasteiger partial charge >= 0.3 is 0 Å². The van der Waals surface area contributed by atoms with Gasteiger partial charge in [0, 0.05) is 23.7 Å². The van der Waals surface area contributed by atoms with Crippen LogP contribution in [0.3, 0.4) is 0 Å². The van der Waals surface area contributed by atoms with E-state index in [0.717, 1.165) is 57.3 Å². The third-order valence-corrected chi connectivity index (χ3v) is 5.10. The number of likely N-dealkylation sites (tertiary alicyclic amines) is 1. The first-order valence-electron chi connectivity index (χ1n) is 9.74. The minimum absolute atomic E-state index is 0.0377. The fourth-order valence-electron chi connectivity index (χ4n) is 3.40. The van der Waals surface area contributed by atoms with Gasteiger partial charge in [-0.3, -0.25) is 9.69 Å². The molecule has 0 spiro atoms. The van der Waals surface area contributed by atoms with Gasteiger partial charge in [0.05, 0.1) is 12.5 Å². The molecule has 1 amide bonds. The Kier molecular flexibility index (Phi) is 7.24. The van der Waals surface area contributed by atoms with Gasteiger partial charge in [0.2, 0.25) is 17.6 Å². The number of rotatable bonds is 8. The molecule has 3 rings (SSSR count). The number of aromatic nitrogens is 2. The van der Waals surface area contributed by atoms with Crippen LogP contribution < -0.4 is 5.32 Å². The summed E-state index contributed by atoms with van der Waals surface area (Å²) in [5.74, 6) is 1.31. The smallest absolute Gasteiger partial charge is 0.241 e. The van der Waals surface area contributed by atoms with Crippen molar-refractivity contribution in [2.75, 3.05) is 19.6 Å². The second-order valence-electron chi connectivity index (χ2n) is 7.09. The molecule has 1 atom stereocenters. The minimum Gasteiger partial charge on any atom is -0.356 e. The summed E-state index contributed by atoms with van der Waals surface area (Å²) in [5.41, 5.74) is 0.834. The normalized spacial score (nSPS) is 17.8. The average molecular weight is 391 g/mol. The van der Waals surface area contributed by atoms with Gasteiger partial charge in [0.15, 0.2) is 0 Å². The van der Waals surface area contributed by atoms with Crippen molar-refractivity contribution in [3.05, 3.63) is 35.2 Å². The molecule has 0 radical (unpaired) electrons. The molecule has 1 saturated heterocycles. The van der Waals surface area contributed by atoms with Gasteiger partial charge in [0.25, 0.3) is 0 Å². The number of halogens is 1. The number of carbonyl (C=O) groups is 1. The van der Waals surface area contributed by atoms with Crippen molar-refractivity contribution in [3.63, 3.8) is 0 Å². The topological polar surface area (TPSA) is 71.3 Å². The Hall–Kier alpha value is -1.92. The number of amides is 1. The predicted molar refractivity (Wildman–Crippen MR) is 105 cm³/mol. The summed E-state index contributed by atoms with van der Waals surface area (Å²) in [6, 6.07) is 7.39. The molecule has 1 fully saturated rings. The number of hydrogen-bond acceptors (Lipinski definition) is 5. The molecular weight excluding hydrogens is 364 g/mol. The number of nitrogens with zero attached hydrogens (tertiary/aromatic N) is 3. The Morgan fingerprint density at radius 1 is 1.41 bits per heavy atom. The third kappa shape index (κ3) is 5.78. The van der Waals surface area contributed by atoms with Crippen LogP contribution in [-0.2, 0) is 11.3 Å². The summed E-state index contributed by atoms with van der Waals surface area (Å²) in [4.78, 5) is 19.1. The molecule has 0 aliphatic carbocycles. The molecule has 1 aromatic heterocycles. The molecule has 0 bridgehead atoms. The Morgan fingerprint density at radius 3 is 3.11 bits per heavy atom. The molecule has 2 aromatic rings. The van der Waals surface area contributed by atoms with E-state index in [0.29, 0.717) is 23.3 Å². The second-order valence-corrected chi connectivity index (χ2v) is 7.53. The van der Waals surface area contributed by atoms with Gasteiger partial charge in [-0.05, 0) is 37.9 Å². The van der Waals surface area contributed by atoms with Crippen molar-refractivity contribution in [1.29, 1.82) is 0 Å². The lowest BCUT2D eigenvalue weighted by molar-refractivity contribution is -0.126. The largest absolute Gasteiger partial charge is 0.356 e. The van der Waals surface area contributed by atoms with E-state index in [4.69, 9.17) is 16.1 Å². The van der Waals surface area contributed by atoms with E-state index in [1.807, 2.05) is 24.3 Å². The van der Waals surface area contributed by atoms with E-state index in [1.165, 1.54) is 0 Å². The van der Waals surface area contributed by atoms with E-state index in [9.17, 15) is 4.79 Å². The molecule has 146 valence electrons. The fourth-order valence-corrected chi connectivity index (χ4v) is 3.59. The quantitative estimate of drug-likeness (QED) is 0.692. The summed E-state index contributed by atoms with van der Waals surface area (Å²) in [5, 5.41) is 7.77. The zero-order chi connectivity index (χ0) is 19.1. The minimum atomic E-state index is 0.0377. The van der Waals surface area contributed by atoms with Crippen LogP contribution in [0.25, 0.3) is 11.4 Å². The van der Waals surface area contributed by atoms with Crippen LogP contribution in [0.2, 0.25) is 5.02 Å². The van der Waals surface area contributed by atoms with Gasteiger partial charge < -0.3 is 9.84 Å². The zero-order valence-electron chi connectivity index (χ0n) is 15.8. The number of carbonyl (C=O) groups excluding carboxylic acids is 1. The molecule has 7 heteroatoms. The summed E-state index contributed by atoms with van der Waals surface area (Å²) < 4.78 is 5.40. The summed E-state index contributed by atoms with van der Waals surface area (Å²) in [7, 11) is 0. The van der Waals surface area contributed by atoms with Gasteiger partial charge in [-0.1, -0.05) is 48.7 Å². The van der Waals surface area contributed by atoms with Gasteiger partial charge in [0.1, 0.15) is 0 Å². The average Bonchev–Trinajstić information content (AvgIpc) is 3.14. The first-order valence-corrected chi connectivity index (χ1v) is 10.1. The highest BCUT2D eigenvalue weighted by Crippen LogP contribution is 2.22. The SMILES string of the molecule is CCCCCNC(=O)C1CCCN(Cc2nc(-c3cccc(Cl)c3)no2)C1. The number of piperidine rings is 1. The molecule has 1 unspecified atom stereocenters. The Bertz CT molecular complexity index is 749. The second kappa shape index (κ2) is 9.85. The number of hydrogen-bond donors (Lipinski definition) is 1. The predicted octanol–water partition coefficient (Wildman–Crippen LogP) is 3.91. The van der Waals surface area contributed by atoms with Crippen LogP contribution in [0, 0.1) is 5.92 Å². The van der Waals surface area contributed by atoms with Crippen LogP contribution >= 0.6 is 11.6 Å². The van der Waals surface area contributed by atoms with E-state index in [2.05, 4.69) is 27.3 Å². The van der Waals surface area contributed by atoms with Gasteiger partial charge in [-0.25, -0.2) is 0 Å². The van der Waals surface area contributed by atoms with Crippen LogP contribution in [0.1, 0.15) is 44.9 Å². The molecule has 1 aliphatic heterocycles. The zero-order valence-corrected chi connectivity index (χ0v) is 16.5. The van der Waals surface area contributed by atoms with E-state index in [-0.39, 0.29) is 11.8 Å². The van der Waals surface area contributed by atoms with Crippen molar-refractivity contribution in [2.45, 2.75) is 45.6 Å². The first-order chi connectivity index (χ1) is 13.2. The van der Waals surface area contributed by atoms with Crippen LogP contribution in [-0.4, -0.2) is 40.6 Å². The van der Waals surface area contributed by atoms with Crippen molar-refractivity contribution in [2.24, 2.45) is 5.92 Å². The number of unbranched alkanes of at least 4 members (excludes halogenated alkanes) is 2. The Morgan fingerprint density at radius 2 is 2.30 bits per heavy atom. The van der Waals surface area contributed by atoms with Crippen molar-refractivity contribution >= 4 is 17.5 Å². The maximum atomic E-state index is 12.4. The highest BCUT2D eigenvalue weighted by atomic mass is 35.5. The first kappa shape index (κ1) is 19.8. The molecule has 1 aromatic carbocycles. The van der Waals surface area contributed by atoms with Gasteiger partial charge in [-0.15, -0.1) is 0 Å². The van der Waals surface area contributed by atoms with E-state index < -0.39 is 0 Å². The summed E-state index contributed by atoms with van der Waals surface area (Å²) in [6.07, 6.45) is 5.31. The van der Waals surface area contributed by atoms with E-state index in [1.54, 1.807) is 0 Å². The third-order valence-electron chi connectivity index (χ3n) is 4.87. The molecule has 27 heavy (non-hydrogen) atoms. The standard InChI is InChI=1S/C20H27ClN4O2/c1-2-3-4-10-22-20(26)16-8-6-11-25(13-16)14-18-23-19(24-27-18)15-7-5-9-17(21)12-15/h5,7,9,12,16H,2-4,6,8,10-11,13-14H2,1H3,(H,22,26). The Balaban J connectivity index is 1.53. The van der Waals surface area contributed by atoms with Crippen LogP contribution in [0.5, 0.6) is 0 Å². The highest BCUT2D eigenvalue weighted by molar-refractivity contribution is 6.30. The van der Waals surface area contributed by atoms with Crippen LogP contribution in [0.15, 0.2) is 28.8 Å². The maximum Gasteiger partial charge on any atom is 0.241 e. The number of benzene rings is 1. The lowest BCUT2D eigenvalue weighted by Gasteiger charge is -2.30. The molecule has 0 saturated carbocycles. The molecular formula is C20H27ClN4O2. The van der Waals surface area contributed by atoms with Crippen molar-refractivity contribution in [3.8, 4) is 11.4 Å². The van der Waals surface area contributed by atoms with Crippen LogP contribution in [0.4, 0.5) is 0 Å². The lowest BCUT2D eigenvalue weighted by Crippen LogP contribution is -2.42. The monoisotopic (exact) mass is 390 g/mol. The number of nitrogens with one attached hydrogen (secondary N) is 1. The molecule has 6 nitrogen and oxygen atoms in total. The molecule has 1 N–H and O–H groups in total. The van der Waals surface area contributed by atoms with E-state index >= 15 is 0 Å².